The molecular formula is C15H14ClFN2O2S. The number of halogens is 2. The lowest BCUT2D eigenvalue weighted by Gasteiger charge is -2.30. The largest absolute Gasteiger partial charge is 0.458 e. The molecule has 1 aromatic carbocycles. The maximum Gasteiger partial charge on any atom is 0.338 e. The molecule has 0 saturated carbocycles. The van der Waals surface area contributed by atoms with Crippen LogP contribution in [0.5, 0.6) is 0 Å². The topological polar surface area (TPSA) is 50.4 Å². The van der Waals surface area contributed by atoms with Gasteiger partial charge in [0.15, 0.2) is 5.11 Å². The molecule has 1 aliphatic heterocycles. The molecule has 22 heavy (non-hydrogen) atoms. The Hall–Kier alpha value is -1.92. The summed E-state index contributed by atoms with van der Waals surface area (Å²) in [4.78, 5) is 12.3. The van der Waals surface area contributed by atoms with Crippen LogP contribution in [0.15, 0.2) is 42.1 Å². The van der Waals surface area contributed by atoms with E-state index in [1.807, 2.05) is 0 Å². The molecule has 2 rings (SSSR count). The van der Waals surface area contributed by atoms with Crippen LogP contribution in [0.2, 0.25) is 5.02 Å². The van der Waals surface area contributed by atoms with Crippen molar-refractivity contribution in [1.82, 2.24) is 10.6 Å². The first kappa shape index (κ1) is 16.5. The quantitative estimate of drug-likeness (QED) is 0.501. The number of carbonyl (C=O) groups is 1. The van der Waals surface area contributed by atoms with E-state index in [4.69, 9.17) is 28.6 Å². The first-order chi connectivity index (χ1) is 10.5. The first-order valence-electron chi connectivity index (χ1n) is 6.46. The molecule has 0 saturated heterocycles. The fourth-order valence-corrected chi connectivity index (χ4v) is 2.72. The van der Waals surface area contributed by atoms with E-state index in [1.165, 1.54) is 18.2 Å². The molecule has 1 aromatic rings. The maximum absolute atomic E-state index is 14.2. The Labute approximate surface area is 138 Å². The minimum Gasteiger partial charge on any atom is -0.458 e. The molecule has 0 fully saturated rings. The van der Waals surface area contributed by atoms with Crippen molar-refractivity contribution in [2.24, 2.45) is 0 Å². The second kappa shape index (κ2) is 6.89. The Morgan fingerprint density at radius 1 is 1.59 bits per heavy atom. The minimum atomic E-state index is -0.820. The number of hydrogen-bond acceptors (Lipinski definition) is 3. The van der Waals surface area contributed by atoms with Crippen molar-refractivity contribution >= 4 is 34.9 Å². The van der Waals surface area contributed by atoms with Crippen molar-refractivity contribution < 1.29 is 13.9 Å². The average Bonchev–Trinajstić information content (AvgIpc) is 2.44. The van der Waals surface area contributed by atoms with E-state index in [0.717, 1.165) is 0 Å². The molecule has 0 unspecified atom stereocenters. The number of nitrogens with one attached hydrogen (secondary N) is 2. The van der Waals surface area contributed by atoms with Crippen LogP contribution in [-0.2, 0) is 9.53 Å². The van der Waals surface area contributed by atoms with E-state index in [0.29, 0.717) is 5.70 Å². The number of rotatable bonds is 4. The van der Waals surface area contributed by atoms with Gasteiger partial charge in [-0.05, 0) is 31.3 Å². The lowest BCUT2D eigenvalue weighted by atomic mass is 9.95. The minimum absolute atomic E-state index is 0.0534. The normalized spacial score (nSPS) is 17.6. The summed E-state index contributed by atoms with van der Waals surface area (Å²) < 4.78 is 19.3. The predicted molar refractivity (Wildman–Crippen MR) is 86.9 cm³/mol. The highest BCUT2D eigenvalue weighted by Crippen LogP contribution is 2.33. The van der Waals surface area contributed by atoms with E-state index in [1.54, 1.807) is 13.0 Å². The monoisotopic (exact) mass is 340 g/mol. The molecule has 0 radical (unpaired) electrons. The summed E-state index contributed by atoms with van der Waals surface area (Å²) in [6.45, 7) is 5.21. The Kier molecular flexibility index (Phi) is 5.15. The summed E-state index contributed by atoms with van der Waals surface area (Å²) >= 11 is 11.2. The molecule has 0 spiro atoms. The van der Waals surface area contributed by atoms with Crippen LogP contribution in [0.25, 0.3) is 0 Å². The molecule has 7 heteroatoms. The van der Waals surface area contributed by atoms with Gasteiger partial charge < -0.3 is 15.4 Å². The molecule has 1 aliphatic rings. The van der Waals surface area contributed by atoms with Crippen LogP contribution in [-0.4, -0.2) is 17.7 Å². The van der Waals surface area contributed by atoms with E-state index < -0.39 is 17.8 Å². The highest BCUT2D eigenvalue weighted by molar-refractivity contribution is 7.80. The number of carbonyl (C=O) groups excluding carboxylic acids is 1. The molecule has 0 aliphatic carbocycles. The van der Waals surface area contributed by atoms with Gasteiger partial charge in [-0.3, -0.25) is 0 Å². The van der Waals surface area contributed by atoms with Crippen molar-refractivity contribution in [1.29, 1.82) is 0 Å². The maximum atomic E-state index is 14.2. The lowest BCUT2D eigenvalue weighted by Crippen LogP contribution is -2.45. The zero-order chi connectivity index (χ0) is 16.3. The van der Waals surface area contributed by atoms with E-state index in [2.05, 4.69) is 17.2 Å². The fraction of sp³-hybridized carbons (Fsp3) is 0.200. The number of esters is 1. The molecule has 0 aromatic heterocycles. The summed E-state index contributed by atoms with van der Waals surface area (Å²) in [6, 6.07) is 3.50. The van der Waals surface area contributed by atoms with Gasteiger partial charge in [0.2, 0.25) is 0 Å². The predicted octanol–water partition coefficient (Wildman–Crippen LogP) is 3.00. The lowest BCUT2D eigenvalue weighted by molar-refractivity contribution is -0.138. The van der Waals surface area contributed by atoms with Crippen LogP contribution < -0.4 is 10.6 Å². The summed E-state index contributed by atoms with van der Waals surface area (Å²) in [5.74, 6) is -1.12. The van der Waals surface area contributed by atoms with Crippen molar-refractivity contribution in [2.45, 2.75) is 13.0 Å². The zero-order valence-electron chi connectivity index (χ0n) is 11.8. The summed E-state index contributed by atoms with van der Waals surface area (Å²) in [5.41, 5.74) is 0.863. The van der Waals surface area contributed by atoms with Gasteiger partial charge in [0.1, 0.15) is 12.4 Å². The molecule has 116 valence electrons. The van der Waals surface area contributed by atoms with Gasteiger partial charge in [0.05, 0.1) is 11.6 Å². The summed E-state index contributed by atoms with van der Waals surface area (Å²) in [5, 5.41) is 6.17. The van der Waals surface area contributed by atoms with Gasteiger partial charge in [-0.2, -0.15) is 0 Å². The summed E-state index contributed by atoms with van der Waals surface area (Å²) in [6.07, 6.45) is 1.45. The van der Waals surface area contributed by atoms with Crippen LogP contribution >= 0.6 is 23.8 Å². The highest BCUT2D eigenvalue weighted by atomic mass is 35.5. The Morgan fingerprint density at radius 3 is 2.95 bits per heavy atom. The van der Waals surface area contributed by atoms with Gasteiger partial charge in [-0.1, -0.05) is 30.3 Å². The van der Waals surface area contributed by atoms with Gasteiger partial charge in [-0.15, -0.1) is 0 Å². The number of benzene rings is 1. The van der Waals surface area contributed by atoms with E-state index >= 15 is 0 Å². The van der Waals surface area contributed by atoms with Crippen LogP contribution in [0.1, 0.15) is 18.5 Å². The molecule has 0 amide bonds. The van der Waals surface area contributed by atoms with Crippen molar-refractivity contribution in [3.63, 3.8) is 0 Å². The van der Waals surface area contributed by atoms with Gasteiger partial charge in [0.25, 0.3) is 0 Å². The molecule has 4 nitrogen and oxygen atoms in total. The third-order valence-corrected chi connectivity index (χ3v) is 3.66. The Morgan fingerprint density at radius 2 is 2.32 bits per heavy atom. The highest BCUT2D eigenvalue weighted by Gasteiger charge is 2.33. The number of allylic oxidation sites excluding steroid dienone is 1. The van der Waals surface area contributed by atoms with Crippen molar-refractivity contribution in [3.8, 4) is 0 Å². The zero-order valence-corrected chi connectivity index (χ0v) is 13.4. The van der Waals surface area contributed by atoms with Crippen LogP contribution in [0, 0.1) is 5.82 Å². The van der Waals surface area contributed by atoms with Crippen molar-refractivity contribution in [2.75, 3.05) is 6.61 Å². The third-order valence-electron chi connectivity index (χ3n) is 3.11. The fourth-order valence-electron chi connectivity index (χ4n) is 2.18. The van der Waals surface area contributed by atoms with E-state index in [-0.39, 0.29) is 27.9 Å². The second-order valence-corrected chi connectivity index (χ2v) is 5.41. The van der Waals surface area contributed by atoms with Gasteiger partial charge >= 0.3 is 5.97 Å². The first-order valence-corrected chi connectivity index (χ1v) is 7.24. The SMILES string of the molecule is C=CCOC(=O)C1=C(C)NC(=S)N[C@@H]1c1c(F)cccc1Cl. The van der Waals surface area contributed by atoms with Crippen LogP contribution in [0.4, 0.5) is 4.39 Å². The Bertz CT molecular complexity index is 655. The van der Waals surface area contributed by atoms with E-state index in [9.17, 15) is 9.18 Å². The summed E-state index contributed by atoms with van der Waals surface area (Å²) in [7, 11) is 0. The van der Waals surface area contributed by atoms with Gasteiger partial charge in [0, 0.05) is 16.3 Å². The Balaban J connectivity index is 2.51. The molecule has 1 heterocycles. The smallest absolute Gasteiger partial charge is 0.338 e. The standard InChI is InChI=1S/C15H14ClFN2O2S/c1-3-7-21-14(20)11-8(2)18-15(22)19-13(11)12-9(16)5-4-6-10(12)17/h3-6,13H,1,7H2,2H3,(H2,18,19,22)/t13-/m0/s1. The third kappa shape index (κ3) is 3.28. The molecule has 2 N–H and O–H groups in total. The number of hydrogen-bond donors (Lipinski definition) is 2. The van der Waals surface area contributed by atoms with Crippen LogP contribution in [0.3, 0.4) is 0 Å². The van der Waals surface area contributed by atoms with Gasteiger partial charge in [-0.25, -0.2) is 9.18 Å². The average molecular weight is 341 g/mol. The van der Waals surface area contributed by atoms with Crippen molar-refractivity contribution in [3.05, 3.63) is 58.5 Å². The second-order valence-electron chi connectivity index (χ2n) is 4.59. The number of thiocarbonyl (C=S) groups is 1. The molecule has 0 bridgehead atoms. The molecule has 1 atom stereocenters. The molecular weight excluding hydrogens is 327 g/mol. The number of ether oxygens (including phenoxy) is 1.